The van der Waals surface area contributed by atoms with Crippen LogP contribution in [-0.2, 0) is 9.53 Å². The average Bonchev–Trinajstić information content (AvgIpc) is 3.22. The number of phenolic OH excluding ortho intramolecular Hbond substituents is 1. The molecule has 0 bridgehead atoms. The van der Waals surface area contributed by atoms with Gasteiger partial charge >= 0.3 is 5.97 Å². The van der Waals surface area contributed by atoms with E-state index in [1.165, 1.54) is 11.3 Å². The summed E-state index contributed by atoms with van der Waals surface area (Å²) in [5, 5.41) is 9.88. The Morgan fingerprint density at radius 3 is 2.51 bits per heavy atom. The molecule has 7 nitrogen and oxygen atoms in total. The fourth-order valence-corrected chi connectivity index (χ4v) is 5.31. The summed E-state index contributed by atoms with van der Waals surface area (Å²) in [6.45, 7) is 1.93. The lowest BCUT2D eigenvalue weighted by molar-refractivity contribution is -0.138. The highest BCUT2D eigenvalue weighted by Gasteiger charge is 2.35. The van der Waals surface area contributed by atoms with E-state index in [9.17, 15) is 14.7 Å². The Bertz CT molecular complexity index is 1670. The second-order valence-electron chi connectivity index (χ2n) is 8.30. The van der Waals surface area contributed by atoms with E-state index in [0.29, 0.717) is 26.3 Å². The number of hydrogen-bond donors (Lipinski definition) is 1. The van der Waals surface area contributed by atoms with Crippen LogP contribution in [0.4, 0.5) is 0 Å². The third kappa shape index (κ3) is 4.71. The van der Waals surface area contributed by atoms with E-state index in [1.54, 1.807) is 61.1 Å². The number of benzene rings is 3. The Morgan fingerprint density at radius 2 is 1.84 bits per heavy atom. The minimum atomic E-state index is -0.761. The van der Waals surface area contributed by atoms with Crippen molar-refractivity contribution in [2.45, 2.75) is 13.0 Å². The topological polar surface area (TPSA) is 90.1 Å². The van der Waals surface area contributed by atoms with E-state index in [2.05, 4.69) is 0 Å². The molecule has 1 aliphatic rings. The minimum Gasteiger partial charge on any atom is -0.508 e. The molecule has 0 aliphatic carbocycles. The summed E-state index contributed by atoms with van der Waals surface area (Å²) in [5.74, 6) is 0.228. The second kappa shape index (κ2) is 10.3. The van der Waals surface area contributed by atoms with E-state index < -0.39 is 12.0 Å². The van der Waals surface area contributed by atoms with Gasteiger partial charge in [-0.05, 0) is 48.4 Å². The van der Waals surface area contributed by atoms with Gasteiger partial charge in [0.05, 0.1) is 35.6 Å². The molecule has 0 spiro atoms. The molecule has 1 aromatic heterocycles. The van der Waals surface area contributed by atoms with Gasteiger partial charge in [-0.1, -0.05) is 65.9 Å². The highest BCUT2D eigenvalue weighted by Crippen LogP contribution is 2.35. The number of esters is 1. The Kier molecular flexibility index (Phi) is 6.74. The zero-order valence-electron chi connectivity index (χ0n) is 20.3. The number of aromatic nitrogens is 1. The van der Waals surface area contributed by atoms with Gasteiger partial charge < -0.3 is 14.6 Å². The minimum absolute atomic E-state index is 0.105. The van der Waals surface area contributed by atoms with Gasteiger partial charge in [0.1, 0.15) is 11.5 Å². The maximum Gasteiger partial charge on any atom is 0.338 e. The summed E-state index contributed by atoms with van der Waals surface area (Å²) in [7, 11) is 1.58. The summed E-state index contributed by atoms with van der Waals surface area (Å²) in [6, 6.07) is 22.6. The number of aromatic hydroxyl groups is 1. The number of rotatable bonds is 6. The molecule has 0 saturated heterocycles. The number of carbonyl (C=O) groups is 1. The van der Waals surface area contributed by atoms with Gasteiger partial charge in [0.15, 0.2) is 4.80 Å². The molecule has 0 unspecified atom stereocenters. The Morgan fingerprint density at radius 1 is 1.08 bits per heavy atom. The highest BCUT2D eigenvalue weighted by atomic mass is 32.1. The number of fused-ring (bicyclic) bond motifs is 1. The molecule has 0 radical (unpaired) electrons. The standard InChI is InChI=1S/C29H24N2O5S/c1-3-36-28(34)24-25(19-9-5-4-6-10-19)30-29-31(26(24)20-12-14-22(35-2)15-13-20)27(33)23(37-29)17-18-8-7-11-21(32)16-18/h4-17,26,32H,3H2,1-2H3/b23-17-/t26-/m1/s1. The first kappa shape index (κ1) is 24.3. The fraction of sp³-hybridized carbons (Fsp3) is 0.138. The van der Waals surface area contributed by atoms with Crippen molar-refractivity contribution in [3.63, 3.8) is 0 Å². The molecular weight excluding hydrogens is 488 g/mol. The Labute approximate surface area is 216 Å². The van der Waals surface area contributed by atoms with Crippen LogP contribution in [0, 0.1) is 0 Å². The predicted octanol–water partition coefficient (Wildman–Crippen LogP) is 3.65. The summed E-state index contributed by atoms with van der Waals surface area (Å²) in [6.07, 6.45) is 1.71. The lowest BCUT2D eigenvalue weighted by Crippen LogP contribution is -2.40. The van der Waals surface area contributed by atoms with Gasteiger partial charge in [-0.25, -0.2) is 9.79 Å². The molecular formula is C29H24N2O5S. The second-order valence-corrected chi connectivity index (χ2v) is 9.31. The molecule has 1 N–H and O–H groups in total. The first-order valence-electron chi connectivity index (χ1n) is 11.7. The first-order chi connectivity index (χ1) is 18.0. The van der Waals surface area contributed by atoms with E-state index >= 15 is 0 Å². The van der Waals surface area contributed by atoms with Gasteiger partial charge in [0, 0.05) is 5.56 Å². The van der Waals surface area contributed by atoms with Crippen molar-refractivity contribution in [1.29, 1.82) is 0 Å². The average molecular weight is 513 g/mol. The summed E-state index contributed by atoms with van der Waals surface area (Å²) < 4.78 is 12.8. The third-order valence-electron chi connectivity index (χ3n) is 5.97. The number of thiazole rings is 1. The normalized spacial score (nSPS) is 15.2. The Balaban J connectivity index is 1.82. The fourth-order valence-electron chi connectivity index (χ4n) is 4.31. The van der Waals surface area contributed by atoms with Crippen molar-refractivity contribution in [1.82, 2.24) is 4.57 Å². The third-order valence-corrected chi connectivity index (χ3v) is 6.96. The summed E-state index contributed by atoms with van der Waals surface area (Å²) >= 11 is 1.23. The molecule has 4 aromatic rings. The molecule has 1 atom stereocenters. The SMILES string of the molecule is CCOC(=O)C1=C(c2ccccc2)N=c2s/c(=C\c3cccc(O)c3)c(=O)n2[C@@H]1c1ccc(OC)cc1. The van der Waals surface area contributed by atoms with E-state index in [1.807, 2.05) is 42.5 Å². The van der Waals surface area contributed by atoms with Crippen molar-refractivity contribution in [2.75, 3.05) is 13.7 Å². The zero-order chi connectivity index (χ0) is 25.9. The molecule has 3 aromatic carbocycles. The maximum atomic E-state index is 13.8. The quantitative estimate of drug-likeness (QED) is 0.399. The number of phenols is 1. The van der Waals surface area contributed by atoms with Crippen LogP contribution < -0.4 is 19.6 Å². The number of carbonyl (C=O) groups excluding carboxylic acids is 1. The molecule has 8 heteroatoms. The number of hydrogen-bond acceptors (Lipinski definition) is 7. The van der Waals surface area contributed by atoms with Crippen LogP contribution in [0.1, 0.15) is 29.7 Å². The molecule has 0 amide bonds. The number of nitrogens with zero attached hydrogens (tertiary/aromatic N) is 2. The molecule has 37 heavy (non-hydrogen) atoms. The van der Waals surface area contributed by atoms with Gasteiger partial charge in [0.2, 0.25) is 0 Å². The highest BCUT2D eigenvalue weighted by molar-refractivity contribution is 7.07. The molecule has 2 heterocycles. The number of ether oxygens (including phenoxy) is 2. The van der Waals surface area contributed by atoms with E-state index in [-0.39, 0.29) is 23.5 Å². The maximum absolute atomic E-state index is 13.8. The van der Waals surface area contributed by atoms with Crippen molar-refractivity contribution < 1.29 is 19.4 Å². The van der Waals surface area contributed by atoms with Gasteiger partial charge in [-0.2, -0.15) is 0 Å². The van der Waals surface area contributed by atoms with Crippen LogP contribution in [0.3, 0.4) is 0 Å². The van der Waals surface area contributed by atoms with Crippen LogP contribution in [0.25, 0.3) is 11.8 Å². The lowest BCUT2D eigenvalue weighted by atomic mass is 9.93. The van der Waals surface area contributed by atoms with Crippen LogP contribution in [0.2, 0.25) is 0 Å². The van der Waals surface area contributed by atoms with Crippen LogP contribution in [0.15, 0.2) is 94.2 Å². The van der Waals surface area contributed by atoms with Crippen molar-refractivity contribution in [3.05, 3.63) is 121 Å². The van der Waals surface area contributed by atoms with Crippen LogP contribution in [-0.4, -0.2) is 29.4 Å². The molecule has 1 aliphatic heterocycles. The summed E-state index contributed by atoms with van der Waals surface area (Å²) in [5.41, 5.74) is 2.60. The van der Waals surface area contributed by atoms with Gasteiger partial charge in [-0.3, -0.25) is 9.36 Å². The van der Waals surface area contributed by atoms with Gasteiger partial charge in [-0.15, -0.1) is 0 Å². The number of methoxy groups -OCH3 is 1. The molecule has 186 valence electrons. The van der Waals surface area contributed by atoms with E-state index in [4.69, 9.17) is 14.5 Å². The van der Waals surface area contributed by atoms with Crippen molar-refractivity contribution in [2.24, 2.45) is 4.99 Å². The van der Waals surface area contributed by atoms with E-state index in [0.717, 1.165) is 11.1 Å². The van der Waals surface area contributed by atoms with Crippen molar-refractivity contribution >= 4 is 29.1 Å². The largest absolute Gasteiger partial charge is 0.508 e. The van der Waals surface area contributed by atoms with Crippen molar-refractivity contribution in [3.8, 4) is 11.5 Å². The lowest BCUT2D eigenvalue weighted by Gasteiger charge is -2.26. The van der Waals surface area contributed by atoms with Gasteiger partial charge in [0.25, 0.3) is 5.56 Å². The summed E-state index contributed by atoms with van der Waals surface area (Å²) in [4.78, 5) is 32.5. The van der Waals surface area contributed by atoms with Crippen LogP contribution >= 0.6 is 11.3 Å². The smallest absolute Gasteiger partial charge is 0.338 e. The van der Waals surface area contributed by atoms with Crippen LogP contribution in [0.5, 0.6) is 11.5 Å². The molecule has 5 rings (SSSR count). The predicted molar refractivity (Wildman–Crippen MR) is 142 cm³/mol. The molecule has 0 fully saturated rings. The molecule has 0 saturated carbocycles. The zero-order valence-corrected chi connectivity index (χ0v) is 21.1. The monoisotopic (exact) mass is 512 g/mol. The Hall–Kier alpha value is -4.43. The first-order valence-corrected chi connectivity index (χ1v) is 12.5.